The van der Waals surface area contributed by atoms with Gasteiger partial charge in [-0.15, -0.1) is 0 Å². The number of hydrogen-bond acceptors (Lipinski definition) is 2. The smallest absolute Gasteiger partial charge is 0.251 e. The second kappa shape index (κ2) is 6.84. The first-order chi connectivity index (χ1) is 8.58. The highest BCUT2D eigenvalue weighted by atomic mass is 16.1. The van der Waals surface area contributed by atoms with Crippen LogP contribution >= 0.6 is 0 Å². The molecule has 0 aliphatic rings. The fourth-order valence-electron chi connectivity index (χ4n) is 1.75. The van der Waals surface area contributed by atoms with Crippen molar-refractivity contribution in [1.29, 1.82) is 0 Å². The fraction of sp³-hybridized carbons (Fsp3) is 0.400. The van der Waals surface area contributed by atoms with Crippen LogP contribution < -0.4 is 10.2 Å². The Labute approximate surface area is 109 Å². The molecule has 0 bridgehead atoms. The van der Waals surface area contributed by atoms with Crippen LogP contribution in [-0.4, -0.2) is 25.5 Å². The van der Waals surface area contributed by atoms with Crippen LogP contribution in [0.1, 0.15) is 31.1 Å². The van der Waals surface area contributed by atoms with E-state index in [0.29, 0.717) is 12.1 Å². The molecule has 0 aromatic heterocycles. The molecule has 0 aliphatic carbocycles. The van der Waals surface area contributed by atoms with Gasteiger partial charge in [-0.25, -0.2) is 0 Å². The van der Waals surface area contributed by atoms with E-state index in [0.717, 1.165) is 24.4 Å². The Kier molecular flexibility index (Phi) is 5.43. The van der Waals surface area contributed by atoms with Crippen molar-refractivity contribution in [1.82, 2.24) is 5.32 Å². The normalized spacial score (nSPS) is 9.94. The topological polar surface area (TPSA) is 32.3 Å². The Morgan fingerprint density at radius 2 is 1.78 bits per heavy atom. The molecule has 0 radical (unpaired) electrons. The second-order valence-electron chi connectivity index (χ2n) is 4.36. The standard InChI is InChI=1S/C15H22N2O/c1-5-17(6-2)14-9-7-13(8-10-14)15(18)16-11-12(3)4/h7-10H,3,5-6,11H2,1-2,4H3,(H,16,18). The number of carbonyl (C=O) groups excluding carboxylic acids is 1. The molecule has 3 heteroatoms. The van der Waals surface area contributed by atoms with Crippen LogP contribution in [0, 0.1) is 0 Å². The predicted molar refractivity (Wildman–Crippen MR) is 77.2 cm³/mol. The van der Waals surface area contributed by atoms with Gasteiger partial charge in [-0.3, -0.25) is 4.79 Å². The summed E-state index contributed by atoms with van der Waals surface area (Å²) in [6.45, 7) is 12.4. The van der Waals surface area contributed by atoms with Gasteiger partial charge in [0.1, 0.15) is 0 Å². The lowest BCUT2D eigenvalue weighted by molar-refractivity contribution is 0.0957. The van der Waals surface area contributed by atoms with Gasteiger partial charge in [-0.05, 0) is 45.0 Å². The van der Waals surface area contributed by atoms with Gasteiger partial charge < -0.3 is 10.2 Å². The Morgan fingerprint density at radius 3 is 2.22 bits per heavy atom. The number of nitrogens with one attached hydrogen (secondary N) is 1. The molecule has 1 aromatic rings. The molecule has 0 fully saturated rings. The fourth-order valence-corrected chi connectivity index (χ4v) is 1.75. The van der Waals surface area contributed by atoms with Crippen LogP contribution in [0.5, 0.6) is 0 Å². The molecule has 1 amide bonds. The molecule has 0 unspecified atom stereocenters. The van der Waals surface area contributed by atoms with Crippen molar-refractivity contribution in [2.24, 2.45) is 0 Å². The number of benzene rings is 1. The largest absolute Gasteiger partial charge is 0.372 e. The molecule has 18 heavy (non-hydrogen) atoms. The summed E-state index contributed by atoms with van der Waals surface area (Å²) in [5.74, 6) is -0.0518. The molecular weight excluding hydrogens is 224 g/mol. The first-order valence-electron chi connectivity index (χ1n) is 6.36. The number of anilines is 1. The van der Waals surface area contributed by atoms with Crippen molar-refractivity contribution < 1.29 is 4.79 Å². The van der Waals surface area contributed by atoms with Crippen LogP contribution in [0.25, 0.3) is 0 Å². The Bertz CT molecular complexity index is 405. The summed E-state index contributed by atoms with van der Waals surface area (Å²) >= 11 is 0. The molecule has 0 saturated heterocycles. The molecule has 1 rings (SSSR count). The third kappa shape index (κ3) is 3.91. The number of hydrogen-bond donors (Lipinski definition) is 1. The van der Waals surface area contributed by atoms with Gasteiger partial charge >= 0.3 is 0 Å². The first-order valence-corrected chi connectivity index (χ1v) is 6.36. The summed E-state index contributed by atoms with van der Waals surface area (Å²) < 4.78 is 0. The van der Waals surface area contributed by atoms with Gasteiger partial charge in [0.2, 0.25) is 0 Å². The zero-order chi connectivity index (χ0) is 13.5. The maximum atomic E-state index is 11.8. The van der Waals surface area contributed by atoms with Crippen molar-refractivity contribution in [3.05, 3.63) is 42.0 Å². The van der Waals surface area contributed by atoms with E-state index < -0.39 is 0 Å². The Hall–Kier alpha value is -1.77. The SMILES string of the molecule is C=C(C)CNC(=O)c1ccc(N(CC)CC)cc1. The van der Waals surface area contributed by atoms with Crippen LogP contribution in [0.15, 0.2) is 36.4 Å². The first kappa shape index (κ1) is 14.3. The highest BCUT2D eigenvalue weighted by molar-refractivity contribution is 5.94. The zero-order valence-electron chi connectivity index (χ0n) is 11.5. The van der Waals surface area contributed by atoms with E-state index in [-0.39, 0.29) is 5.91 Å². The molecular formula is C15H22N2O. The molecule has 0 aliphatic heterocycles. The average Bonchev–Trinajstić information content (AvgIpc) is 2.38. The molecule has 0 heterocycles. The third-order valence-electron chi connectivity index (χ3n) is 2.81. The zero-order valence-corrected chi connectivity index (χ0v) is 11.5. The summed E-state index contributed by atoms with van der Waals surface area (Å²) in [6, 6.07) is 7.70. The summed E-state index contributed by atoms with van der Waals surface area (Å²) in [5.41, 5.74) is 2.78. The summed E-state index contributed by atoms with van der Waals surface area (Å²) in [7, 11) is 0. The molecule has 3 nitrogen and oxygen atoms in total. The number of amides is 1. The van der Waals surface area contributed by atoms with Crippen LogP contribution in [0.2, 0.25) is 0 Å². The van der Waals surface area contributed by atoms with E-state index in [4.69, 9.17) is 0 Å². The quantitative estimate of drug-likeness (QED) is 0.783. The number of carbonyl (C=O) groups is 1. The van der Waals surface area contributed by atoms with Gasteiger partial charge in [-0.2, -0.15) is 0 Å². The van der Waals surface area contributed by atoms with E-state index >= 15 is 0 Å². The lowest BCUT2D eigenvalue weighted by atomic mass is 10.1. The van der Waals surface area contributed by atoms with Crippen molar-refractivity contribution in [3.63, 3.8) is 0 Å². The van der Waals surface area contributed by atoms with E-state index in [1.807, 2.05) is 31.2 Å². The van der Waals surface area contributed by atoms with Crippen LogP contribution in [-0.2, 0) is 0 Å². The maximum Gasteiger partial charge on any atom is 0.251 e. The minimum Gasteiger partial charge on any atom is -0.372 e. The number of nitrogens with zero attached hydrogens (tertiary/aromatic N) is 1. The van der Waals surface area contributed by atoms with Crippen LogP contribution in [0.3, 0.4) is 0 Å². The number of rotatable bonds is 6. The summed E-state index contributed by atoms with van der Waals surface area (Å²) in [6.07, 6.45) is 0. The lowest BCUT2D eigenvalue weighted by Crippen LogP contribution is -2.25. The maximum absolute atomic E-state index is 11.8. The van der Waals surface area contributed by atoms with Gasteiger partial charge in [0.15, 0.2) is 0 Å². The van der Waals surface area contributed by atoms with E-state index in [2.05, 4.69) is 30.6 Å². The van der Waals surface area contributed by atoms with Crippen LogP contribution in [0.4, 0.5) is 5.69 Å². The molecule has 1 aromatic carbocycles. The van der Waals surface area contributed by atoms with Crippen molar-refractivity contribution >= 4 is 11.6 Å². The van der Waals surface area contributed by atoms with Gasteiger partial charge in [0.25, 0.3) is 5.91 Å². The Balaban J connectivity index is 2.70. The molecule has 0 spiro atoms. The van der Waals surface area contributed by atoms with Crippen molar-refractivity contribution in [2.75, 3.05) is 24.5 Å². The monoisotopic (exact) mass is 246 g/mol. The van der Waals surface area contributed by atoms with E-state index in [1.54, 1.807) is 0 Å². The lowest BCUT2D eigenvalue weighted by Gasteiger charge is -2.21. The van der Waals surface area contributed by atoms with E-state index in [1.165, 1.54) is 0 Å². The molecule has 98 valence electrons. The van der Waals surface area contributed by atoms with E-state index in [9.17, 15) is 4.79 Å². The predicted octanol–water partition coefficient (Wildman–Crippen LogP) is 2.84. The highest BCUT2D eigenvalue weighted by Crippen LogP contribution is 2.14. The van der Waals surface area contributed by atoms with Crippen molar-refractivity contribution in [3.8, 4) is 0 Å². The minimum atomic E-state index is -0.0518. The summed E-state index contributed by atoms with van der Waals surface area (Å²) in [5, 5.41) is 2.82. The minimum absolute atomic E-state index is 0.0518. The molecule has 1 N–H and O–H groups in total. The van der Waals surface area contributed by atoms with Crippen molar-refractivity contribution in [2.45, 2.75) is 20.8 Å². The van der Waals surface area contributed by atoms with Gasteiger partial charge in [0.05, 0.1) is 0 Å². The Morgan fingerprint density at radius 1 is 1.22 bits per heavy atom. The highest BCUT2D eigenvalue weighted by Gasteiger charge is 2.06. The summed E-state index contributed by atoms with van der Waals surface area (Å²) in [4.78, 5) is 14.0. The second-order valence-corrected chi connectivity index (χ2v) is 4.36. The molecule has 0 atom stereocenters. The third-order valence-corrected chi connectivity index (χ3v) is 2.81. The average molecular weight is 246 g/mol. The van der Waals surface area contributed by atoms with Gasteiger partial charge in [0, 0.05) is 30.9 Å². The molecule has 0 saturated carbocycles. The van der Waals surface area contributed by atoms with Gasteiger partial charge in [-0.1, -0.05) is 12.2 Å².